The molecular formula is C24H19F6N3O4. The molecule has 0 radical (unpaired) electrons. The summed E-state index contributed by atoms with van der Waals surface area (Å²) in [5.41, 5.74) is -0.267. The zero-order valence-electron chi connectivity index (χ0n) is 19.0. The summed E-state index contributed by atoms with van der Waals surface area (Å²) in [5.74, 6) is -2.32. The lowest BCUT2D eigenvalue weighted by molar-refractivity contribution is -0.286. The highest BCUT2D eigenvalue weighted by Crippen LogP contribution is 2.47. The third-order valence-electron chi connectivity index (χ3n) is 6.44. The molecule has 0 saturated carbocycles. The zero-order chi connectivity index (χ0) is 26.0. The van der Waals surface area contributed by atoms with Crippen molar-refractivity contribution in [2.24, 2.45) is 0 Å². The van der Waals surface area contributed by atoms with Crippen molar-refractivity contribution in [1.82, 2.24) is 9.78 Å². The van der Waals surface area contributed by atoms with Gasteiger partial charge in [0.15, 0.2) is 17.2 Å². The summed E-state index contributed by atoms with van der Waals surface area (Å²) in [7, 11) is 0. The fourth-order valence-electron chi connectivity index (χ4n) is 4.93. The number of benzene rings is 2. The van der Waals surface area contributed by atoms with E-state index >= 15 is 0 Å². The van der Waals surface area contributed by atoms with E-state index in [0.717, 1.165) is 10.7 Å². The fraction of sp³-hybridized carbons (Fsp3) is 0.375. The molecule has 1 saturated heterocycles. The van der Waals surface area contributed by atoms with Gasteiger partial charge in [0.2, 0.25) is 5.79 Å². The summed E-state index contributed by atoms with van der Waals surface area (Å²) in [4.78, 5) is 0. The molecule has 3 aliphatic rings. The van der Waals surface area contributed by atoms with Crippen LogP contribution in [0.15, 0.2) is 36.4 Å². The van der Waals surface area contributed by atoms with Crippen molar-refractivity contribution in [2.45, 2.75) is 44.1 Å². The Kier molecular flexibility index (Phi) is 5.35. The number of nitrogens with one attached hydrogen (secondary N) is 1. The molecule has 2 aromatic carbocycles. The smallest absolute Gasteiger partial charge is 0.395 e. The van der Waals surface area contributed by atoms with Gasteiger partial charge in [0.05, 0.1) is 24.6 Å². The van der Waals surface area contributed by atoms with Crippen LogP contribution in [0.5, 0.6) is 11.5 Å². The van der Waals surface area contributed by atoms with Gasteiger partial charge in [-0.3, -0.25) is 0 Å². The second-order valence-electron chi connectivity index (χ2n) is 8.85. The lowest BCUT2D eigenvalue weighted by atomic mass is 9.90. The van der Waals surface area contributed by atoms with Gasteiger partial charge in [-0.1, -0.05) is 6.07 Å². The van der Waals surface area contributed by atoms with Crippen LogP contribution in [-0.2, 0) is 34.4 Å². The second kappa shape index (κ2) is 8.28. The van der Waals surface area contributed by atoms with Gasteiger partial charge in [-0.05, 0) is 48.7 Å². The molecule has 1 spiro atoms. The number of hydrogen-bond acceptors (Lipinski definition) is 6. The molecule has 6 rings (SSSR count). The predicted octanol–water partition coefficient (Wildman–Crippen LogP) is 5.50. The van der Waals surface area contributed by atoms with E-state index in [1.165, 1.54) is 30.3 Å². The summed E-state index contributed by atoms with van der Waals surface area (Å²) in [5, 5.41) is 6.72. The number of alkyl halides is 5. The first-order chi connectivity index (χ1) is 17.5. The molecule has 1 aliphatic carbocycles. The van der Waals surface area contributed by atoms with Crippen molar-refractivity contribution in [2.75, 3.05) is 18.5 Å². The van der Waals surface area contributed by atoms with E-state index in [0.29, 0.717) is 18.4 Å². The zero-order valence-corrected chi connectivity index (χ0v) is 19.0. The molecule has 196 valence electrons. The molecule has 1 N–H and O–H groups in total. The van der Waals surface area contributed by atoms with Crippen LogP contribution >= 0.6 is 0 Å². The average Bonchev–Trinajstić information content (AvgIpc) is 3.53. The summed E-state index contributed by atoms with van der Waals surface area (Å²) in [6, 6.07) is 7.86. The Hall–Kier alpha value is -3.45. The van der Waals surface area contributed by atoms with Crippen molar-refractivity contribution in [3.63, 3.8) is 0 Å². The van der Waals surface area contributed by atoms with Crippen molar-refractivity contribution in [3.8, 4) is 17.2 Å². The quantitative estimate of drug-likeness (QED) is 0.452. The number of anilines is 1. The molecule has 7 nitrogen and oxygen atoms in total. The van der Waals surface area contributed by atoms with Crippen LogP contribution in [0.25, 0.3) is 5.69 Å². The number of hydrogen-bond donors (Lipinski definition) is 1. The van der Waals surface area contributed by atoms with Crippen LogP contribution in [0.1, 0.15) is 35.4 Å². The lowest BCUT2D eigenvalue weighted by Crippen LogP contribution is -2.34. The minimum Gasteiger partial charge on any atom is -0.395 e. The van der Waals surface area contributed by atoms with E-state index in [-0.39, 0.29) is 60.3 Å². The molecule has 1 fully saturated rings. The topological polar surface area (TPSA) is 66.8 Å². The minimum atomic E-state index is -4.70. The first-order valence-electron chi connectivity index (χ1n) is 11.4. The van der Waals surface area contributed by atoms with Gasteiger partial charge in [-0.25, -0.2) is 9.07 Å². The molecule has 2 aliphatic heterocycles. The second-order valence-corrected chi connectivity index (χ2v) is 8.85. The Bertz CT molecular complexity index is 1370. The largest absolute Gasteiger partial charge is 0.586 e. The molecule has 3 heterocycles. The lowest BCUT2D eigenvalue weighted by Gasteiger charge is -2.32. The number of rotatable bonds is 4. The molecule has 0 unspecified atom stereocenters. The van der Waals surface area contributed by atoms with Gasteiger partial charge in [0.1, 0.15) is 11.5 Å². The number of fused-ring (bicyclic) bond motifs is 3. The third-order valence-corrected chi connectivity index (χ3v) is 6.44. The maximum Gasteiger partial charge on any atom is 0.586 e. The average molecular weight is 527 g/mol. The van der Waals surface area contributed by atoms with E-state index in [2.05, 4.69) is 19.9 Å². The SMILES string of the molecule is Fc1ccc(-n2nc(C(F)(F)F)c3c2C2(CCC3)OCCO2)cc1NCc1ccc2c(c1)OC(F)(F)O2. The standard InChI is InChI=1S/C24H19F6N3O4/c25-16-5-4-14(11-17(16)31-12-13-3-6-18-19(10-13)37-24(29,30)36-18)33-21-15(20(32-33)23(26,27)28)2-1-7-22(21)34-8-9-35-22/h3-6,10-11,31H,1-2,7-9,12H2. The molecule has 3 aromatic rings. The molecular weight excluding hydrogens is 508 g/mol. The Morgan fingerprint density at radius 2 is 1.76 bits per heavy atom. The van der Waals surface area contributed by atoms with Gasteiger partial charge in [-0.15, -0.1) is 8.78 Å². The van der Waals surface area contributed by atoms with Gasteiger partial charge in [0.25, 0.3) is 0 Å². The fourth-order valence-corrected chi connectivity index (χ4v) is 4.93. The monoisotopic (exact) mass is 527 g/mol. The highest BCUT2D eigenvalue weighted by molar-refractivity contribution is 5.55. The molecule has 37 heavy (non-hydrogen) atoms. The maximum absolute atomic E-state index is 14.7. The normalized spacial score (nSPS) is 19.3. The van der Waals surface area contributed by atoms with E-state index in [1.807, 2.05) is 0 Å². The summed E-state index contributed by atoms with van der Waals surface area (Å²) in [6.45, 7) is 0.455. The number of halogens is 6. The summed E-state index contributed by atoms with van der Waals surface area (Å²) in [6.07, 6.45) is -7.53. The van der Waals surface area contributed by atoms with Crippen LogP contribution in [0.3, 0.4) is 0 Å². The molecule has 13 heteroatoms. The van der Waals surface area contributed by atoms with Gasteiger partial charge in [-0.2, -0.15) is 18.3 Å². The Morgan fingerprint density at radius 1 is 1.00 bits per heavy atom. The number of nitrogens with zero attached hydrogens (tertiary/aromatic N) is 2. The first-order valence-corrected chi connectivity index (χ1v) is 11.4. The van der Waals surface area contributed by atoms with Crippen molar-refractivity contribution >= 4 is 5.69 Å². The highest BCUT2D eigenvalue weighted by atomic mass is 19.4. The Balaban J connectivity index is 1.34. The van der Waals surface area contributed by atoms with Crippen LogP contribution in [0.4, 0.5) is 32.0 Å². The van der Waals surface area contributed by atoms with Crippen LogP contribution < -0.4 is 14.8 Å². The van der Waals surface area contributed by atoms with Crippen LogP contribution in [0.2, 0.25) is 0 Å². The van der Waals surface area contributed by atoms with Gasteiger partial charge >= 0.3 is 12.5 Å². The van der Waals surface area contributed by atoms with Gasteiger partial charge in [0, 0.05) is 18.5 Å². The van der Waals surface area contributed by atoms with Crippen molar-refractivity contribution < 1.29 is 45.3 Å². The number of aromatic nitrogens is 2. The number of ether oxygens (including phenoxy) is 4. The van der Waals surface area contributed by atoms with E-state index < -0.39 is 29.8 Å². The van der Waals surface area contributed by atoms with E-state index in [9.17, 15) is 26.3 Å². The molecule has 0 atom stereocenters. The third kappa shape index (κ3) is 4.15. The van der Waals surface area contributed by atoms with Gasteiger partial charge < -0.3 is 24.3 Å². The Labute approximate surface area is 205 Å². The maximum atomic E-state index is 14.7. The van der Waals surface area contributed by atoms with E-state index in [4.69, 9.17) is 9.47 Å². The molecule has 1 aromatic heterocycles. The Morgan fingerprint density at radius 3 is 2.51 bits per heavy atom. The summed E-state index contributed by atoms with van der Waals surface area (Å²) < 4.78 is 104. The van der Waals surface area contributed by atoms with Crippen molar-refractivity contribution in [3.05, 3.63) is 64.7 Å². The minimum absolute atomic E-state index is 0.00311. The van der Waals surface area contributed by atoms with Crippen molar-refractivity contribution in [1.29, 1.82) is 0 Å². The van der Waals surface area contributed by atoms with Crippen LogP contribution in [0, 0.1) is 5.82 Å². The highest BCUT2D eigenvalue weighted by Gasteiger charge is 2.50. The summed E-state index contributed by atoms with van der Waals surface area (Å²) >= 11 is 0. The molecule has 0 amide bonds. The first kappa shape index (κ1) is 23.9. The predicted molar refractivity (Wildman–Crippen MR) is 115 cm³/mol. The van der Waals surface area contributed by atoms with Crippen LogP contribution in [-0.4, -0.2) is 29.3 Å². The molecule has 0 bridgehead atoms. The van der Waals surface area contributed by atoms with E-state index in [1.54, 1.807) is 0 Å².